The molecule has 0 aliphatic carbocycles. The number of ether oxygens (including phenoxy) is 3. The minimum Gasteiger partial charge on any atom is -0.395 e. The van der Waals surface area contributed by atoms with Gasteiger partial charge in [-0.3, -0.25) is 9.59 Å². The van der Waals surface area contributed by atoms with Crippen molar-refractivity contribution in [3.63, 3.8) is 0 Å². The predicted molar refractivity (Wildman–Crippen MR) is 114 cm³/mol. The molecule has 2 aromatic carbocycles. The van der Waals surface area contributed by atoms with Crippen molar-refractivity contribution in [1.29, 1.82) is 0 Å². The van der Waals surface area contributed by atoms with Crippen LogP contribution in [0.3, 0.4) is 0 Å². The van der Waals surface area contributed by atoms with Crippen molar-refractivity contribution >= 4 is 11.9 Å². The summed E-state index contributed by atoms with van der Waals surface area (Å²) in [6.07, 6.45) is -0.636. The molecule has 0 radical (unpaired) electrons. The molecule has 168 valence electrons. The van der Waals surface area contributed by atoms with Gasteiger partial charge < -0.3 is 24.4 Å². The lowest BCUT2D eigenvalue weighted by Gasteiger charge is -2.22. The topological polar surface area (TPSA) is 102 Å². The van der Waals surface area contributed by atoms with Gasteiger partial charge in [-0.1, -0.05) is 48.5 Å². The lowest BCUT2D eigenvalue weighted by molar-refractivity contribution is -0.163. The molecule has 0 aliphatic heterocycles. The van der Waals surface area contributed by atoms with Crippen molar-refractivity contribution in [2.24, 2.45) is 0 Å². The van der Waals surface area contributed by atoms with E-state index in [1.165, 1.54) is 0 Å². The highest BCUT2D eigenvalue weighted by Crippen LogP contribution is 2.30. The Kier molecular flexibility index (Phi) is 9.33. The van der Waals surface area contributed by atoms with Crippen LogP contribution in [0.2, 0.25) is 0 Å². The Morgan fingerprint density at radius 1 is 0.710 bits per heavy atom. The van der Waals surface area contributed by atoms with Gasteiger partial charge in [0.25, 0.3) is 0 Å². The zero-order valence-corrected chi connectivity index (χ0v) is 18.3. The van der Waals surface area contributed by atoms with Gasteiger partial charge >= 0.3 is 11.9 Å². The highest BCUT2D eigenvalue weighted by atomic mass is 16.6. The number of esters is 2. The van der Waals surface area contributed by atoms with Crippen LogP contribution < -0.4 is 0 Å². The van der Waals surface area contributed by atoms with E-state index in [9.17, 15) is 19.8 Å². The lowest BCUT2D eigenvalue weighted by Crippen LogP contribution is -2.28. The molecular weight excluding hydrogens is 400 g/mol. The Bertz CT molecular complexity index is 808. The van der Waals surface area contributed by atoms with E-state index in [0.29, 0.717) is 22.3 Å². The minimum atomic E-state index is -1.06. The number of aliphatic hydroxyl groups excluding tert-OH is 2. The SMILES string of the molecule is COC(C)c1ccccc1C(CO)C(=O)OC(=O)C(CO)c1ccccc1C(C)OC. The maximum Gasteiger partial charge on any atom is 0.323 e. The largest absolute Gasteiger partial charge is 0.395 e. The smallest absolute Gasteiger partial charge is 0.323 e. The van der Waals surface area contributed by atoms with Gasteiger partial charge in [0.2, 0.25) is 0 Å². The number of hydrogen-bond acceptors (Lipinski definition) is 7. The van der Waals surface area contributed by atoms with Gasteiger partial charge in [0.05, 0.1) is 25.4 Å². The summed E-state index contributed by atoms with van der Waals surface area (Å²) >= 11 is 0. The van der Waals surface area contributed by atoms with Gasteiger partial charge in [0.15, 0.2) is 0 Å². The minimum absolute atomic E-state index is 0.318. The van der Waals surface area contributed by atoms with Crippen molar-refractivity contribution in [3.8, 4) is 0 Å². The zero-order chi connectivity index (χ0) is 23.0. The summed E-state index contributed by atoms with van der Waals surface area (Å²) in [5, 5.41) is 19.8. The first kappa shape index (κ1) is 24.7. The number of rotatable bonds is 10. The molecular formula is C24H30O7. The van der Waals surface area contributed by atoms with E-state index in [1.54, 1.807) is 62.8 Å². The lowest BCUT2D eigenvalue weighted by atomic mass is 9.91. The molecule has 0 saturated heterocycles. The number of carbonyl (C=O) groups excluding carboxylic acids is 2. The molecule has 0 heterocycles. The summed E-state index contributed by atoms with van der Waals surface area (Å²) in [4.78, 5) is 25.6. The van der Waals surface area contributed by atoms with Gasteiger partial charge in [0.1, 0.15) is 11.8 Å². The molecule has 31 heavy (non-hydrogen) atoms. The first-order valence-electron chi connectivity index (χ1n) is 10.1. The Labute approximate surface area is 182 Å². The average Bonchev–Trinajstić information content (AvgIpc) is 2.79. The predicted octanol–water partition coefficient (Wildman–Crippen LogP) is 3.02. The fourth-order valence-electron chi connectivity index (χ4n) is 3.49. The number of hydrogen-bond donors (Lipinski definition) is 2. The molecule has 2 aromatic rings. The first-order chi connectivity index (χ1) is 14.9. The highest BCUT2D eigenvalue weighted by molar-refractivity contribution is 5.93. The molecule has 4 atom stereocenters. The molecule has 2 N–H and O–H groups in total. The summed E-state index contributed by atoms with van der Waals surface area (Å²) in [6.45, 7) is 2.56. The fourth-order valence-corrected chi connectivity index (χ4v) is 3.49. The molecule has 0 fully saturated rings. The van der Waals surface area contributed by atoms with E-state index in [4.69, 9.17) is 14.2 Å². The number of aliphatic hydroxyl groups is 2. The van der Waals surface area contributed by atoms with E-state index in [1.807, 2.05) is 13.8 Å². The van der Waals surface area contributed by atoms with Crippen molar-refractivity contribution in [2.75, 3.05) is 27.4 Å². The average molecular weight is 430 g/mol. The summed E-state index contributed by atoms with van der Waals surface area (Å²) in [5.74, 6) is -3.91. The Morgan fingerprint density at radius 3 is 1.32 bits per heavy atom. The second kappa shape index (κ2) is 11.7. The van der Waals surface area contributed by atoms with Crippen molar-refractivity contribution in [3.05, 3.63) is 70.8 Å². The molecule has 0 saturated carbocycles. The molecule has 7 heteroatoms. The monoisotopic (exact) mass is 430 g/mol. The van der Waals surface area contributed by atoms with Crippen LogP contribution in [-0.2, 0) is 23.8 Å². The molecule has 0 spiro atoms. The summed E-state index contributed by atoms with van der Waals surface area (Å²) in [7, 11) is 3.09. The quantitative estimate of drug-likeness (QED) is 0.441. The van der Waals surface area contributed by atoms with Crippen LogP contribution in [0.25, 0.3) is 0 Å². The maximum absolute atomic E-state index is 12.8. The molecule has 2 rings (SSSR count). The van der Waals surface area contributed by atoms with E-state index < -0.39 is 37.0 Å². The maximum atomic E-state index is 12.8. The van der Waals surface area contributed by atoms with Crippen molar-refractivity contribution in [2.45, 2.75) is 37.9 Å². The van der Waals surface area contributed by atoms with Crippen LogP contribution in [0.15, 0.2) is 48.5 Å². The molecule has 0 bridgehead atoms. The van der Waals surface area contributed by atoms with Gasteiger partial charge in [-0.05, 0) is 36.1 Å². The first-order valence-corrected chi connectivity index (χ1v) is 10.1. The Morgan fingerprint density at radius 2 is 1.03 bits per heavy atom. The second-order valence-corrected chi connectivity index (χ2v) is 7.22. The zero-order valence-electron chi connectivity index (χ0n) is 18.3. The van der Waals surface area contributed by atoms with Gasteiger partial charge in [0, 0.05) is 14.2 Å². The van der Waals surface area contributed by atoms with Gasteiger partial charge in [-0.25, -0.2) is 0 Å². The molecule has 0 amide bonds. The normalized spacial score (nSPS) is 15.0. The molecule has 0 aliphatic rings. The van der Waals surface area contributed by atoms with E-state index in [0.717, 1.165) is 0 Å². The third-order valence-corrected chi connectivity index (χ3v) is 5.46. The third-order valence-electron chi connectivity index (χ3n) is 5.46. The van der Waals surface area contributed by atoms with Gasteiger partial charge in [-0.15, -0.1) is 0 Å². The van der Waals surface area contributed by atoms with Crippen LogP contribution in [0.4, 0.5) is 0 Å². The van der Waals surface area contributed by atoms with Crippen LogP contribution in [0.1, 0.15) is 60.1 Å². The van der Waals surface area contributed by atoms with Crippen molar-refractivity contribution in [1.82, 2.24) is 0 Å². The Hall–Kier alpha value is -2.58. The van der Waals surface area contributed by atoms with E-state index in [2.05, 4.69) is 0 Å². The summed E-state index contributed by atoms with van der Waals surface area (Å²) in [5.41, 5.74) is 2.47. The second-order valence-electron chi connectivity index (χ2n) is 7.22. The van der Waals surface area contributed by atoms with Crippen LogP contribution in [0, 0.1) is 0 Å². The van der Waals surface area contributed by atoms with Crippen LogP contribution in [-0.4, -0.2) is 49.6 Å². The van der Waals surface area contributed by atoms with E-state index >= 15 is 0 Å². The number of carbonyl (C=O) groups is 2. The Balaban J connectivity index is 2.29. The molecule has 0 aromatic heterocycles. The standard InChI is InChI=1S/C24H30O7/c1-15(29-3)17-9-5-7-11-19(17)21(13-25)23(27)31-24(28)22(14-26)20-12-8-6-10-18(20)16(2)30-4/h5-12,15-16,21-22,25-26H,13-14H2,1-4H3. The van der Waals surface area contributed by atoms with Crippen molar-refractivity contribution < 1.29 is 34.0 Å². The number of benzene rings is 2. The third kappa shape index (κ3) is 5.77. The van der Waals surface area contributed by atoms with Crippen LogP contribution >= 0.6 is 0 Å². The van der Waals surface area contributed by atoms with Crippen LogP contribution in [0.5, 0.6) is 0 Å². The molecule has 7 nitrogen and oxygen atoms in total. The summed E-state index contributed by atoms with van der Waals surface area (Å²) < 4.78 is 15.8. The molecule has 4 unspecified atom stereocenters. The summed E-state index contributed by atoms with van der Waals surface area (Å²) in [6, 6.07) is 14.0. The van der Waals surface area contributed by atoms with Gasteiger partial charge in [-0.2, -0.15) is 0 Å². The van der Waals surface area contributed by atoms with E-state index in [-0.39, 0.29) is 12.2 Å². The fraction of sp³-hybridized carbons (Fsp3) is 0.417. The number of methoxy groups -OCH3 is 2. The highest BCUT2D eigenvalue weighted by Gasteiger charge is 2.32.